The minimum Gasteiger partial charge on any atom is -0.311 e. The van der Waals surface area contributed by atoms with E-state index in [1.54, 1.807) is 0 Å². The van der Waals surface area contributed by atoms with E-state index in [9.17, 15) is 0 Å². The number of benzene rings is 22. The van der Waals surface area contributed by atoms with Gasteiger partial charge in [-0.3, -0.25) is 0 Å². The third-order valence-corrected chi connectivity index (χ3v) is 36.2. The van der Waals surface area contributed by atoms with Gasteiger partial charge >= 0.3 is 0 Å². The molecule has 0 fully saturated rings. The highest BCUT2D eigenvalue weighted by Gasteiger charge is 2.52. The first-order valence-electron chi connectivity index (χ1n) is 52.0. The molecule has 0 aliphatic carbocycles. The van der Waals surface area contributed by atoms with Crippen molar-refractivity contribution >= 4 is 121 Å². The first kappa shape index (κ1) is 90.8. The maximum Gasteiger partial charge on any atom is 0.117 e. The van der Waals surface area contributed by atoms with E-state index in [0.717, 1.165) is 28.4 Å². The van der Waals surface area contributed by atoms with E-state index in [4.69, 9.17) is 0 Å². The van der Waals surface area contributed by atoms with Crippen molar-refractivity contribution in [1.29, 1.82) is 0 Å². The molecule has 22 aromatic carbocycles. The number of nitrogens with zero attached hydrogens (tertiary/aromatic N) is 6. The summed E-state index contributed by atoms with van der Waals surface area (Å²) in [5.41, 5.74) is 41.2. The lowest BCUT2D eigenvalue weighted by molar-refractivity contribution is 0.632. The van der Waals surface area contributed by atoms with Gasteiger partial charge in [0.25, 0.3) is 0 Å². The van der Waals surface area contributed by atoms with Crippen molar-refractivity contribution in [3.63, 3.8) is 0 Å². The number of para-hydroxylation sites is 15. The van der Waals surface area contributed by atoms with Crippen LogP contribution in [-0.4, -0.2) is 8.07 Å². The van der Waals surface area contributed by atoms with Gasteiger partial charge in [-0.15, -0.1) is 0 Å². The summed E-state index contributed by atoms with van der Waals surface area (Å²) in [4.78, 5) is 14.6. The Morgan fingerprint density at radius 3 is 0.530 bits per heavy atom. The Bertz CT molecular complexity index is 8080. The highest BCUT2D eigenvalue weighted by Crippen LogP contribution is 2.64. The molecule has 0 N–H and O–H groups in total. The first-order valence-corrected chi connectivity index (χ1v) is 55.0. The number of fused-ring (bicyclic) bond motifs is 12. The summed E-state index contributed by atoms with van der Waals surface area (Å²) in [5, 5.41) is 2.95. The molecule has 7 heteroatoms. The molecule has 149 heavy (non-hydrogen) atoms. The third-order valence-electron chi connectivity index (χ3n) is 32.6. The molecule has 6 heterocycles. The highest BCUT2D eigenvalue weighted by atomic mass is 28.3. The van der Waals surface area contributed by atoms with E-state index in [0.29, 0.717) is 0 Å². The Labute approximate surface area is 875 Å². The van der Waals surface area contributed by atoms with Crippen LogP contribution in [0.2, 0.25) is 13.1 Å². The standard InChI is InChI=1S/C51H38N2.C46H36N2.C45H36N2Si/c1-50(42-25-11-15-29-46(42)52(40-23-9-4-10-24-40)47-30-16-12-26-43(47)50)37-33-35-41(36-34-37)53-48-31-17-13-27-44(48)51(38-19-5-2-6-20-38,39-21-7-3-8-22-39)45-28-14-18-32-49(45)53;1-45(2)37-21-9-13-25-41(37)48(42-26-14-10-22-38(42)45)36-31-29-34(30-32-36)46(33-17-5-3-6-18-33)39-23-11-15-27-43(39)47(35-19-7-4-8-20-35)44-28-16-12-24-40(44)46;1-48(2)43-27-15-13-25-41(43)47(42-26-14-16-28-44(42)48)36-31-29-34(30-32-36)45(33-17-5-3-6-18-33)37-21-9-11-23-39(37)46(35-19-7-4-8-20-35)40-24-12-10-22-38(40)45/h2-36H,1H3;2*3-32H,1-2H3. The zero-order valence-electron chi connectivity index (χ0n) is 84.0. The van der Waals surface area contributed by atoms with Gasteiger partial charge in [-0.05, 0) is 257 Å². The van der Waals surface area contributed by atoms with E-state index in [-0.39, 0.29) is 10.8 Å². The van der Waals surface area contributed by atoms with Gasteiger partial charge < -0.3 is 29.4 Å². The van der Waals surface area contributed by atoms with Crippen LogP contribution in [0.1, 0.15) is 115 Å². The van der Waals surface area contributed by atoms with E-state index < -0.39 is 24.3 Å². The molecular formula is C142H110N6Si. The van der Waals surface area contributed by atoms with Crippen molar-refractivity contribution in [2.45, 2.75) is 60.9 Å². The van der Waals surface area contributed by atoms with Gasteiger partial charge in [0.1, 0.15) is 8.07 Å². The lowest BCUT2D eigenvalue weighted by Crippen LogP contribution is -2.58. The number of rotatable bonds is 13. The van der Waals surface area contributed by atoms with Crippen LogP contribution in [0.4, 0.5) is 102 Å². The maximum absolute atomic E-state index is 2.48. The Morgan fingerprint density at radius 2 is 0.289 bits per heavy atom. The predicted octanol–water partition coefficient (Wildman–Crippen LogP) is 35.4. The molecule has 22 aromatic rings. The van der Waals surface area contributed by atoms with Crippen LogP contribution in [0.3, 0.4) is 0 Å². The molecule has 0 atom stereocenters. The molecule has 6 nitrogen and oxygen atoms in total. The van der Waals surface area contributed by atoms with Gasteiger partial charge in [0, 0.05) is 56.3 Å². The SMILES string of the molecule is CC1(C)c2ccccc2N(c2ccc(C3(c4ccccc4)c4ccccc4N(c4ccccc4)c4ccccc43)cc2)c2ccccc21.CC1(c2ccc(N3c4ccccc4C(c4ccccc4)(c4ccccc4)c4ccccc43)cc2)c2ccccc2N(c2ccccc2)c2ccccc21.C[Si]1(C)c2ccccc2N(c2ccc(C3(c4ccccc4)c4ccccc4N(c4ccccc4)c4ccccc43)cc2)c2ccccc21. The predicted molar refractivity (Wildman–Crippen MR) is 624 cm³/mol. The second-order valence-corrected chi connectivity index (χ2v) is 45.3. The van der Waals surface area contributed by atoms with E-state index in [2.05, 4.69) is 640 Å². The van der Waals surface area contributed by atoms with Gasteiger partial charge in [0.2, 0.25) is 0 Å². The lowest BCUT2D eigenvalue weighted by Gasteiger charge is -2.46. The van der Waals surface area contributed by atoms with Crippen LogP contribution in [0, 0.1) is 0 Å². The number of hydrogen-bond donors (Lipinski definition) is 0. The second-order valence-electron chi connectivity index (χ2n) is 41.0. The minimum atomic E-state index is -1.86. The largest absolute Gasteiger partial charge is 0.311 e. The lowest BCUT2D eigenvalue weighted by atomic mass is 9.62. The van der Waals surface area contributed by atoms with Crippen molar-refractivity contribution in [3.05, 3.63) is 671 Å². The summed E-state index contributed by atoms with van der Waals surface area (Å²) in [6, 6.07) is 212. The Balaban J connectivity index is 0.000000113. The average Bonchev–Trinajstić information content (AvgIpc) is 0.696. The molecule has 0 spiro atoms. The third kappa shape index (κ3) is 14.3. The minimum absolute atomic E-state index is 0.0961. The molecule has 28 rings (SSSR count). The van der Waals surface area contributed by atoms with Crippen molar-refractivity contribution in [2.75, 3.05) is 29.4 Å². The van der Waals surface area contributed by atoms with Crippen LogP contribution < -0.4 is 39.8 Å². The summed E-state index contributed by atoms with van der Waals surface area (Å²) in [5.74, 6) is 0. The summed E-state index contributed by atoms with van der Waals surface area (Å²) in [6.07, 6.45) is 0. The average molecular weight is 1930 g/mol. The van der Waals surface area contributed by atoms with Crippen LogP contribution >= 0.6 is 0 Å². The molecule has 0 amide bonds. The fraction of sp³-hybridized carbons (Fsp3) is 0.0704. The van der Waals surface area contributed by atoms with E-state index in [1.165, 1.54) is 179 Å². The van der Waals surface area contributed by atoms with Crippen LogP contribution in [0.25, 0.3) is 0 Å². The number of hydrogen-bond acceptors (Lipinski definition) is 6. The molecule has 0 aromatic heterocycles. The maximum atomic E-state index is 2.48. The monoisotopic (exact) mass is 1930 g/mol. The number of anilines is 18. The molecule has 0 saturated heterocycles. The Kier molecular flexibility index (Phi) is 22.5. The zero-order valence-corrected chi connectivity index (χ0v) is 85.0. The van der Waals surface area contributed by atoms with Crippen molar-refractivity contribution in [1.82, 2.24) is 0 Å². The molecule has 6 aliphatic rings. The molecule has 712 valence electrons. The Hall–Kier alpha value is -18.1. The topological polar surface area (TPSA) is 19.4 Å². The van der Waals surface area contributed by atoms with Crippen molar-refractivity contribution in [2.24, 2.45) is 0 Å². The summed E-state index contributed by atoms with van der Waals surface area (Å²) in [7, 11) is -1.86. The smallest absolute Gasteiger partial charge is 0.117 e. The molecule has 0 unspecified atom stereocenters. The highest BCUT2D eigenvalue weighted by molar-refractivity contribution is 7.02. The fourth-order valence-electron chi connectivity index (χ4n) is 26.0. The second kappa shape index (κ2) is 36.9. The van der Waals surface area contributed by atoms with Gasteiger partial charge in [0.15, 0.2) is 0 Å². The molecule has 0 radical (unpaired) electrons. The van der Waals surface area contributed by atoms with Gasteiger partial charge in [-0.1, -0.05) is 458 Å². The summed E-state index contributed by atoms with van der Waals surface area (Å²) < 4.78 is 0. The van der Waals surface area contributed by atoms with Crippen LogP contribution in [0.15, 0.2) is 576 Å². The first-order chi connectivity index (χ1) is 73.4. The van der Waals surface area contributed by atoms with Gasteiger partial charge in [-0.2, -0.15) is 0 Å². The summed E-state index contributed by atoms with van der Waals surface area (Å²) in [6.45, 7) is 12.0. The van der Waals surface area contributed by atoms with Crippen LogP contribution in [-0.2, 0) is 27.1 Å². The quantitative estimate of drug-likeness (QED) is 0.106. The normalized spacial score (nSPS) is 15.0. The van der Waals surface area contributed by atoms with Crippen LogP contribution in [0.5, 0.6) is 0 Å². The Morgan fingerprint density at radius 1 is 0.134 bits per heavy atom. The van der Waals surface area contributed by atoms with Crippen molar-refractivity contribution < 1.29 is 0 Å². The van der Waals surface area contributed by atoms with Gasteiger partial charge in [0.05, 0.1) is 73.1 Å². The molecule has 6 aliphatic heterocycles. The fourth-order valence-corrected chi connectivity index (χ4v) is 29.0. The summed E-state index contributed by atoms with van der Waals surface area (Å²) >= 11 is 0. The van der Waals surface area contributed by atoms with E-state index >= 15 is 0 Å². The molecular weight excluding hydrogens is 1820 g/mol. The molecule has 0 saturated carbocycles. The zero-order chi connectivity index (χ0) is 100. The van der Waals surface area contributed by atoms with E-state index in [1.807, 2.05) is 0 Å². The van der Waals surface area contributed by atoms with Gasteiger partial charge in [-0.25, -0.2) is 0 Å². The molecule has 0 bridgehead atoms. The van der Waals surface area contributed by atoms with Crippen molar-refractivity contribution in [3.8, 4) is 0 Å².